The van der Waals surface area contributed by atoms with Gasteiger partial charge in [0.25, 0.3) is 0 Å². The van der Waals surface area contributed by atoms with E-state index in [0.717, 1.165) is 44.7 Å². The maximum Gasteiger partial charge on any atom is 0.228 e. The number of amides is 1. The molecule has 2 aliphatic rings. The average Bonchev–Trinajstić information content (AvgIpc) is 3.12. The van der Waals surface area contributed by atoms with Crippen LogP contribution in [0.1, 0.15) is 38.1 Å². The second-order valence-electron chi connectivity index (χ2n) is 7.89. The highest BCUT2D eigenvalue weighted by atomic mass is 16.2. The summed E-state index contributed by atoms with van der Waals surface area (Å²) in [6.45, 7) is 7.98. The van der Waals surface area contributed by atoms with E-state index in [1.807, 2.05) is 35.6 Å². The zero-order chi connectivity index (χ0) is 18.1. The number of carbonyl (C=O) groups is 1. The number of likely N-dealkylation sites (tertiary alicyclic amines) is 1. The number of pyridine rings is 1. The Morgan fingerprint density at radius 3 is 2.96 bits per heavy atom. The lowest BCUT2D eigenvalue weighted by atomic mass is 9.85. The van der Waals surface area contributed by atoms with E-state index in [9.17, 15) is 4.79 Å². The first-order chi connectivity index (χ1) is 12.6. The molecule has 1 amide bonds. The van der Waals surface area contributed by atoms with Crippen molar-refractivity contribution in [2.45, 2.75) is 51.2 Å². The van der Waals surface area contributed by atoms with Crippen molar-refractivity contribution in [1.29, 1.82) is 0 Å². The SMILES string of the molecule is CC(C)N1Cc2cncn2C2(CCCN(C(=O)Cc3ccccn3)C2)C1. The second kappa shape index (κ2) is 6.83. The van der Waals surface area contributed by atoms with E-state index in [1.165, 1.54) is 5.69 Å². The predicted molar refractivity (Wildman–Crippen MR) is 99.5 cm³/mol. The Labute approximate surface area is 154 Å². The molecule has 1 spiro atoms. The number of fused-ring (bicyclic) bond motifs is 2. The van der Waals surface area contributed by atoms with Crippen LogP contribution in [0.5, 0.6) is 0 Å². The van der Waals surface area contributed by atoms with Crippen LogP contribution in [0.3, 0.4) is 0 Å². The Hall–Kier alpha value is -2.21. The van der Waals surface area contributed by atoms with Crippen LogP contribution in [0, 0.1) is 0 Å². The maximum atomic E-state index is 12.9. The number of nitrogens with zero attached hydrogens (tertiary/aromatic N) is 5. The number of carbonyl (C=O) groups excluding carboxylic acids is 1. The van der Waals surface area contributed by atoms with E-state index in [4.69, 9.17) is 0 Å². The maximum absolute atomic E-state index is 12.9. The van der Waals surface area contributed by atoms with Crippen LogP contribution in [-0.2, 0) is 23.3 Å². The van der Waals surface area contributed by atoms with Gasteiger partial charge in [0.05, 0.1) is 24.0 Å². The molecule has 6 heteroatoms. The molecular formula is C20H27N5O. The summed E-state index contributed by atoms with van der Waals surface area (Å²) in [5, 5.41) is 0. The predicted octanol–water partition coefficient (Wildman–Crippen LogP) is 2.06. The van der Waals surface area contributed by atoms with Crippen molar-refractivity contribution in [2.24, 2.45) is 0 Å². The fraction of sp³-hybridized carbons (Fsp3) is 0.550. The summed E-state index contributed by atoms with van der Waals surface area (Å²) < 4.78 is 2.34. The quantitative estimate of drug-likeness (QED) is 0.848. The van der Waals surface area contributed by atoms with E-state index in [1.54, 1.807) is 6.20 Å². The van der Waals surface area contributed by atoms with Crippen LogP contribution in [0.25, 0.3) is 0 Å². The third kappa shape index (κ3) is 3.14. The highest BCUT2D eigenvalue weighted by Crippen LogP contribution is 2.35. The van der Waals surface area contributed by atoms with Gasteiger partial charge in [0.1, 0.15) is 0 Å². The molecule has 0 radical (unpaired) electrons. The van der Waals surface area contributed by atoms with Crippen LogP contribution in [0.15, 0.2) is 36.9 Å². The molecule has 1 unspecified atom stereocenters. The molecule has 2 aliphatic heterocycles. The second-order valence-corrected chi connectivity index (χ2v) is 7.89. The Morgan fingerprint density at radius 1 is 1.31 bits per heavy atom. The molecule has 2 aromatic heterocycles. The van der Waals surface area contributed by atoms with Crippen LogP contribution in [0.2, 0.25) is 0 Å². The number of rotatable bonds is 3. The van der Waals surface area contributed by atoms with Crippen molar-refractivity contribution in [3.05, 3.63) is 48.3 Å². The van der Waals surface area contributed by atoms with Gasteiger partial charge >= 0.3 is 0 Å². The lowest BCUT2D eigenvalue weighted by molar-refractivity contribution is -0.134. The highest BCUT2D eigenvalue weighted by Gasteiger charge is 2.44. The van der Waals surface area contributed by atoms with E-state index in [2.05, 4.69) is 33.3 Å². The monoisotopic (exact) mass is 353 g/mol. The largest absolute Gasteiger partial charge is 0.340 e. The summed E-state index contributed by atoms with van der Waals surface area (Å²) in [5.41, 5.74) is 2.03. The van der Waals surface area contributed by atoms with Crippen molar-refractivity contribution >= 4 is 5.91 Å². The smallest absolute Gasteiger partial charge is 0.228 e. The molecular weight excluding hydrogens is 326 g/mol. The Bertz CT molecular complexity index is 772. The molecule has 0 N–H and O–H groups in total. The van der Waals surface area contributed by atoms with Gasteiger partial charge in [0.15, 0.2) is 0 Å². The first-order valence-electron chi connectivity index (χ1n) is 9.51. The normalized spacial score (nSPS) is 23.4. The van der Waals surface area contributed by atoms with Crippen LogP contribution in [-0.4, -0.2) is 55.9 Å². The standard InChI is InChI=1S/C20H27N5O/c1-16(2)24-12-18-11-21-15-25(18)20(14-24)7-5-9-23(13-20)19(26)10-17-6-3-4-8-22-17/h3-4,6,8,11,15-16H,5,7,9-10,12-14H2,1-2H3. The van der Waals surface area contributed by atoms with Gasteiger partial charge in [0.2, 0.25) is 5.91 Å². The van der Waals surface area contributed by atoms with Crippen molar-refractivity contribution in [3.63, 3.8) is 0 Å². The minimum Gasteiger partial charge on any atom is -0.340 e. The van der Waals surface area contributed by atoms with E-state index < -0.39 is 0 Å². The number of hydrogen-bond acceptors (Lipinski definition) is 4. The molecule has 4 rings (SSSR count). The third-order valence-electron chi connectivity index (χ3n) is 5.79. The Kier molecular flexibility index (Phi) is 4.53. The molecule has 138 valence electrons. The minimum atomic E-state index is -0.0631. The molecule has 6 nitrogen and oxygen atoms in total. The van der Waals surface area contributed by atoms with Gasteiger partial charge in [-0.2, -0.15) is 0 Å². The van der Waals surface area contributed by atoms with Crippen molar-refractivity contribution in [2.75, 3.05) is 19.6 Å². The van der Waals surface area contributed by atoms with Crippen molar-refractivity contribution < 1.29 is 4.79 Å². The molecule has 4 heterocycles. The molecule has 0 bridgehead atoms. The van der Waals surface area contributed by atoms with Crippen molar-refractivity contribution in [1.82, 2.24) is 24.3 Å². The molecule has 0 aromatic carbocycles. The molecule has 0 saturated carbocycles. The van der Waals surface area contributed by atoms with Gasteiger partial charge in [-0.15, -0.1) is 0 Å². The van der Waals surface area contributed by atoms with Crippen LogP contribution in [0.4, 0.5) is 0 Å². The fourth-order valence-corrected chi connectivity index (χ4v) is 4.37. The summed E-state index contributed by atoms with van der Waals surface area (Å²) in [6, 6.07) is 6.22. The zero-order valence-corrected chi connectivity index (χ0v) is 15.6. The fourth-order valence-electron chi connectivity index (χ4n) is 4.37. The van der Waals surface area contributed by atoms with Crippen molar-refractivity contribution in [3.8, 4) is 0 Å². The number of imidazole rings is 1. The van der Waals surface area contributed by atoms with E-state index in [0.29, 0.717) is 12.5 Å². The number of piperidine rings is 1. The van der Waals surface area contributed by atoms with Crippen LogP contribution >= 0.6 is 0 Å². The number of aromatic nitrogens is 3. The summed E-state index contributed by atoms with van der Waals surface area (Å²) in [5.74, 6) is 0.172. The van der Waals surface area contributed by atoms with Gasteiger partial charge < -0.3 is 9.47 Å². The summed E-state index contributed by atoms with van der Waals surface area (Å²) in [6.07, 6.45) is 8.18. The first-order valence-corrected chi connectivity index (χ1v) is 9.51. The lowest BCUT2D eigenvalue weighted by Crippen LogP contribution is -2.60. The van der Waals surface area contributed by atoms with Gasteiger partial charge in [-0.05, 0) is 38.8 Å². The third-order valence-corrected chi connectivity index (χ3v) is 5.79. The first kappa shape index (κ1) is 17.2. The van der Waals surface area contributed by atoms with Gasteiger partial charge in [0, 0.05) is 50.3 Å². The number of hydrogen-bond donors (Lipinski definition) is 0. The lowest BCUT2D eigenvalue weighted by Gasteiger charge is -2.50. The van der Waals surface area contributed by atoms with Gasteiger partial charge in [-0.1, -0.05) is 6.07 Å². The van der Waals surface area contributed by atoms with Gasteiger partial charge in [-0.25, -0.2) is 4.98 Å². The average molecular weight is 353 g/mol. The topological polar surface area (TPSA) is 54.3 Å². The molecule has 1 atom stereocenters. The summed E-state index contributed by atoms with van der Waals surface area (Å²) in [4.78, 5) is 26.2. The van der Waals surface area contributed by atoms with E-state index in [-0.39, 0.29) is 11.4 Å². The molecule has 2 aromatic rings. The Morgan fingerprint density at radius 2 is 2.19 bits per heavy atom. The molecule has 26 heavy (non-hydrogen) atoms. The molecule has 0 aliphatic carbocycles. The molecule has 1 saturated heterocycles. The summed E-state index contributed by atoms with van der Waals surface area (Å²) in [7, 11) is 0. The summed E-state index contributed by atoms with van der Waals surface area (Å²) >= 11 is 0. The van der Waals surface area contributed by atoms with Gasteiger partial charge in [-0.3, -0.25) is 14.7 Å². The van der Waals surface area contributed by atoms with E-state index >= 15 is 0 Å². The van der Waals surface area contributed by atoms with Crippen LogP contribution < -0.4 is 0 Å². The minimum absolute atomic E-state index is 0.0631. The zero-order valence-electron chi connectivity index (χ0n) is 15.6. The Balaban J connectivity index is 1.56. The highest BCUT2D eigenvalue weighted by molar-refractivity contribution is 5.78. The molecule has 1 fully saturated rings.